The molecule has 0 bridgehead atoms. The third kappa shape index (κ3) is 3.68. The van der Waals surface area contributed by atoms with Gasteiger partial charge < -0.3 is 14.0 Å². The lowest BCUT2D eigenvalue weighted by molar-refractivity contribution is -0.924. The average Bonchev–Trinajstić information content (AvgIpc) is 3.30. The predicted octanol–water partition coefficient (Wildman–Crippen LogP) is 5.03. The van der Waals surface area contributed by atoms with E-state index in [1.807, 2.05) is 0 Å². The van der Waals surface area contributed by atoms with Crippen molar-refractivity contribution in [1.82, 2.24) is 0 Å². The van der Waals surface area contributed by atoms with Crippen molar-refractivity contribution in [2.45, 2.75) is 104 Å². The quantitative estimate of drug-likeness (QED) is 0.338. The standard InChI is InChI=1S/C28H44NO4/c1-18(30)32-21-10-12-27(3)20(16-21)8-9-22-23(27)11-13-28(4)24(22)17-25(26(28)33-19(2)31)29(5)14-6-7-15-29/h8,21-26H,6-7,9-17H2,1-5H3/q+1/t21-,22+,23-,24-,25-,26-,27-,28-/m0/s1. The maximum atomic E-state index is 12.2. The van der Waals surface area contributed by atoms with Gasteiger partial charge in [-0.15, -0.1) is 0 Å². The monoisotopic (exact) mass is 458 g/mol. The fourth-order valence-corrected chi connectivity index (χ4v) is 9.29. The first-order valence-corrected chi connectivity index (χ1v) is 13.4. The molecule has 0 amide bonds. The third-order valence-corrected chi connectivity index (χ3v) is 11.0. The van der Waals surface area contributed by atoms with Gasteiger partial charge in [-0.2, -0.15) is 0 Å². The van der Waals surface area contributed by atoms with Gasteiger partial charge in [0.15, 0.2) is 6.10 Å². The van der Waals surface area contributed by atoms with Crippen LogP contribution >= 0.6 is 0 Å². The predicted molar refractivity (Wildman–Crippen MR) is 127 cm³/mol. The Hall–Kier alpha value is -1.36. The van der Waals surface area contributed by atoms with Crippen LogP contribution in [0.4, 0.5) is 0 Å². The van der Waals surface area contributed by atoms with Crippen LogP contribution in [0.3, 0.4) is 0 Å². The highest BCUT2D eigenvalue weighted by molar-refractivity contribution is 5.66. The zero-order valence-corrected chi connectivity index (χ0v) is 21.4. The normalized spacial score (nSPS) is 45.9. The molecule has 0 aromatic heterocycles. The molecule has 5 nitrogen and oxygen atoms in total. The minimum atomic E-state index is -0.154. The van der Waals surface area contributed by atoms with E-state index in [-0.39, 0.29) is 35.0 Å². The Bertz CT molecular complexity index is 845. The van der Waals surface area contributed by atoms with Gasteiger partial charge in [-0.3, -0.25) is 9.59 Å². The largest absolute Gasteiger partial charge is 0.462 e. The Morgan fingerprint density at radius 1 is 1.00 bits per heavy atom. The van der Waals surface area contributed by atoms with Crippen LogP contribution in [0.15, 0.2) is 11.6 Å². The van der Waals surface area contributed by atoms with Crippen LogP contribution in [0, 0.1) is 28.6 Å². The van der Waals surface area contributed by atoms with Crippen molar-refractivity contribution < 1.29 is 23.5 Å². The van der Waals surface area contributed by atoms with Crippen LogP contribution < -0.4 is 0 Å². The van der Waals surface area contributed by atoms with Gasteiger partial charge in [0, 0.05) is 44.9 Å². The molecule has 184 valence electrons. The zero-order valence-electron chi connectivity index (χ0n) is 21.4. The van der Waals surface area contributed by atoms with Crippen molar-refractivity contribution in [3.05, 3.63) is 11.6 Å². The number of esters is 2. The number of carbonyl (C=O) groups excluding carboxylic acids is 2. The summed E-state index contributed by atoms with van der Waals surface area (Å²) in [5.41, 5.74) is 1.84. The number of hydrogen-bond acceptors (Lipinski definition) is 4. The number of fused-ring (bicyclic) bond motifs is 5. The van der Waals surface area contributed by atoms with Gasteiger partial charge in [-0.1, -0.05) is 25.5 Å². The first-order valence-electron chi connectivity index (χ1n) is 13.4. The molecule has 5 rings (SSSR count). The van der Waals surface area contributed by atoms with E-state index in [0.29, 0.717) is 23.8 Å². The molecule has 4 fully saturated rings. The van der Waals surface area contributed by atoms with Crippen LogP contribution in [-0.4, -0.2) is 54.8 Å². The van der Waals surface area contributed by atoms with Crippen molar-refractivity contribution in [2.24, 2.45) is 28.6 Å². The lowest BCUT2D eigenvalue weighted by atomic mass is 9.48. The van der Waals surface area contributed by atoms with Gasteiger partial charge in [-0.25, -0.2) is 0 Å². The van der Waals surface area contributed by atoms with Crippen molar-refractivity contribution in [1.29, 1.82) is 0 Å². The smallest absolute Gasteiger partial charge is 0.303 e. The van der Waals surface area contributed by atoms with E-state index >= 15 is 0 Å². The second-order valence-electron chi connectivity index (χ2n) is 12.7. The van der Waals surface area contributed by atoms with E-state index in [9.17, 15) is 9.59 Å². The van der Waals surface area contributed by atoms with Gasteiger partial charge in [0.1, 0.15) is 12.1 Å². The molecule has 0 aromatic rings. The Kier molecular flexibility index (Phi) is 5.74. The number of nitrogens with zero attached hydrogens (tertiary/aromatic N) is 1. The summed E-state index contributed by atoms with van der Waals surface area (Å²) < 4.78 is 12.9. The molecule has 0 unspecified atom stereocenters. The van der Waals surface area contributed by atoms with Crippen molar-refractivity contribution in [3.63, 3.8) is 0 Å². The van der Waals surface area contributed by atoms with Crippen LogP contribution in [0.2, 0.25) is 0 Å². The Balaban J connectivity index is 1.44. The summed E-state index contributed by atoms with van der Waals surface area (Å²) in [5.74, 6) is 1.70. The summed E-state index contributed by atoms with van der Waals surface area (Å²) in [5, 5.41) is 0. The second kappa shape index (κ2) is 8.10. The van der Waals surface area contributed by atoms with Crippen molar-refractivity contribution in [3.8, 4) is 0 Å². The third-order valence-electron chi connectivity index (χ3n) is 11.0. The SMILES string of the molecule is CC(=O)O[C@H]1CC[C@@]2(C)C(=CC[C@H]3[C@@H]4C[C@H]([N+]5(C)CCCC5)[C@H](OC(C)=O)[C@@]4(C)CC[C@@H]32)C1. The van der Waals surface area contributed by atoms with Crippen molar-refractivity contribution >= 4 is 11.9 Å². The summed E-state index contributed by atoms with van der Waals surface area (Å²) in [7, 11) is 2.42. The number of quaternary nitrogens is 1. The van der Waals surface area contributed by atoms with Gasteiger partial charge in [-0.05, 0) is 55.3 Å². The second-order valence-corrected chi connectivity index (χ2v) is 12.7. The molecule has 0 aromatic carbocycles. The number of likely N-dealkylation sites (N-methyl/N-ethyl adjacent to an activating group) is 1. The lowest BCUT2D eigenvalue weighted by Crippen LogP contribution is -2.57. The molecule has 8 atom stereocenters. The number of likely N-dealkylation sites (tertiary alicyclic amines) is 1. The molecule has 1 saturated heterocycles. The van der Waals surface area contributed by atoms with E-state index in [2.05, 4.69) is 27.0 Å². The van der Waals surface area contributed by atoms with E-state index in [0.717, 1.165) is 36.6 Å². The Morgan fingerprint density at radius 3 is 2.36 bits per heavy atom. The highest BCUT2D eigenvalue weighted by Gasteiger charge is 2.66. The molecule has 5 heteroatoms. The first-order chi connectivity index (χ1) is 15.6. The summed E-state index contributed by atoms with van der Waals surface area (Å²) in [6, 6.07) is 0.433. The number of allylic oxidation sites excluding steroid dienone is 1. The zero-order chi connectivity index (χ0) is 23.6. The maximum Gasteiger partial charge on any atom is 0.303 e. The Labute approximate surface area is 199 Å². The number of ether oxygens (including phenoxy) is 2. The molecule has 1 aliphatic heterocycles. The molecule has 0 N–H and O–H groups in total. The summed E-state index contributed by atoms with van der Waals surface area (Å²) in [6.45, 7) is 10.5. The van der Waals surface area contributed by atoms with Gasteiger partial charge in [0.25, 0.3) is 0 Å². The molecule has 1 heterocycles. The minimum absolute atomic E-state index is 0.0435. The van der Waals surface area contributed by atoms with Crippen LogP contribution in [0.1, 0.15) is 85.5 Å². The van der Waals surface area contributed by atoms with Crippen molar-refractivity contribution in [2.75, 3.05) is 20.1 Å². The number of hydrogen-bond donors (Lipinski definition) is 0. The molecule has 33 heavy (non-hydrogen) atoms. The van der Waals surface area contributed by atoms with Gasteiger partial charge in [0.2, 0.25) is 0 Å². The molecule has 5 aliphatic rings. The summed E-state index contributed by atoms with van der Waals surface area (Å²) in [4.78, 5) is 23.8. The topological polar surface area (TPSA) is 52.6 Å². The van der Waals surface area contributed by atoms with Gasteiger partial charge in [0.05, 0.1) is 20.1 Å². The number of rotatable bonds is 3. The molecule has 0 radical (unpaired) electrons. The fraction of sp³-hybridized carbons (Fsp3) is 0.857. The minimum Gasteiger partial charge on any atom is -0.462 e. The molecule has 3 saturated carbocycles. The molecular weight excluding hydrogens is 414 g/mol. The highest BCUT2D eigenvalue weighted by atomic mass is 16.5. The Morgan fingerprint density at radius 2 is 1.70 bits per heavy atom. The van der Waals surface area contributed by atoms with Crippen LogP contribution in [0.5, 0.6) is 0 Å². The molecule has 0 spiro atoms. The summed E-state index contributed by atoms with van der Waals surface area (Å²) >= 11 is 0. The molecule has 4 aliphatic carbocycles. The lowest BCUT2D eigenvalue weighted by Gasteiger charge is -2.57. The fourth-order valence-electron chi connectivity index (χ4n) is 9.29. The van der Waals surface area contributed by atoms with E-state index in [4.69, 9.17) is 9.47 Å². The van der Waals surface area contributed by atoms with E-state index in [1.54, 1.807) is 6.92 Å². The van der Waals surface area contributed by atoms with Crippen LogP contribution in [-0.2, 0) is 19.1 Å². The highest BCUT2D eigenvalue weighted by Crippen LogP contribution is 2.66. The number of carbonyl (C=O) groups is 2. The van der Waals surface area contributed by atoms with Crippen LogP contribution in [0.25, 0.3) is 0 Å². The molecular formula is C28H44NO4+. The van der Waals surface area contributed by atoms with E-state index in [1.165, 1.54) is 51.3 Å². The van der Waals surface area contributed by atoms with E-state index < -0.39 is 0 Å². The summed E-state index contributed by atoms with van der Waals surface area (Å²) in [6.07, 6.45) is 12.9. The first kappa shape index (κ1) is 23.4. The van der Waals surface area contributed by atoms with Gasteiger partial charge >= 0.3 is 11.9 Å². The maximum absolute atomic E-state index is 12.2. The average molecular weight is 459 g/mol.